The van der Waals surface area contributed by atoms with Crippen molar-refractivity contribution in [2.24, 2.45) is 5.16 Å². The van der Waals surface area contributed by atoms with Gasteiger partial charge in [-0.05, 0) is 42.8 Å². The SMILES string of the molecule is CCOC(=O)CCN1CC(C=C2C(=O)ON=C2c2ccc(OC)cc2)c2ccccc21. The molecule has 0 amide bonds. The summed E-state index contributed by atoms with van der Waals surface area (Å²) in [5.41, 5.74) is 3.89. The number of fused-ring (bicyclic) bond motifs is 1. The maximum Gasteiger partial charge on any atom is 0.367 e. The van der Waals surface area contributed by atoms with Crippen molar-refractivity contribution in [2.45, 2.75) is 19.3 Å². The fourth-order valence-electron chi connectivity index (χ4n) is 3.92. The number of esters is 1. The molecule has 0 saturated heterocycles. The van der Waals surface area contributed by atoms with E-state index in [-0.39, 0.29) is 11.9 Å². The summed E-state index contributed by atoms with van der Waals surface area (Å²) in [6.07, 6.45) is 2.23. The van der Waals surface area contributed by atoms with E-state index in [0.717, 1.165) is 22.6 Å². The minimum atomic E-state index is -0.465. The van der Waals surface area contributed by atoms with Crippen LogP contribution in [0, 0.1) is 0 Å². The van der Waals surface area contributed by atoms with Gasteiger partial charge < -0.3 is 19.2 Å². The van der Waals surface area contributed by atoms with Gasteiger partial charge in [0.05, 0.1) is 25.7 Å². The normalized spacial score (nSPS) is 18.6. The molecule has 0 fully saturated rings. The molecule has 1 atom stereocenters. The number of carbonyl (C=O) groups excluding carboxylic acids is 2. The summed E-state index contributed by atoms with van der Waals surface area (Å²) in [5, 5.41) is 4.00. The Kier molecular flexibility index (Phi) is 6.02. The van der Waals surface area contributed by atoms with Crippen molar-refractivity contribution >= 4 is 23.3 Å². The van der Waals surface area contributed by atoms with Gasteiger partial charge in [0.25, 0.3) is 0 Å². The van der Waals surface area contributed by atoms with Gasteiger partial charge in [0, 0.05) is 30.3 Å². The van der Waals surface area contributed by atoms with Crippen LogP contribution in [0.2, 0.25) is 0 Å². The van der Waals surface area contributed by atoms with E-state index in [1.807, 2.05) is 54.6 Å². The van der Waals surface area contributed by atoms with Gasteiger partial charge in [0.15, 0.2) is 0 Å². The van der Waals surface area contributed by atoms with E-state index in [2.05, 4.69) is 10.1 Å². The third-order valence-electron chi connectivity index (χ3n) is 5.41. The molecule has 4 rings (SSSR count). The average molecular weight is 420 g/mol. The molecule has 7 nitrogen and oxygen atoms in total. The first-order valence-corrected chi connectivity index (χ1v) is 10.3. The maximum atomic E-state index is 12.4. The van der Waals surface area contributed by atoms with E-state index in [1.165, 1.54) is 0 Å². The minimum Gasteiger partial charge on any atom is -0.497 e. The van der Waals surface area contributed by atoms with Crippen LogP contribution in [-0.2, 0) is 19.2 Å². The van der Waals surface area contributed by atoms with Crippen LogP contribution in [-0.4, -0.2) is 44.5 Å². The summed E-state index contributed by atoms with van der Waals surface area (Å²) in [6, 6.07) is 15.4. The van der Waals surface area contributed by atoms with Crippen LogP contribution in [0.3, 0.4) is 0 Å². The standard InChI is InChI=1S/C24H24N2O5/c1-3-30-22(27)12-13-26-15-17(19-6-4-5-7-21(19)26)14-20-23(25-31-24(20)28)16-8-10-18(29-2)11-9-16/h4-11,14,17H,3,12-13,15H2,1-2H3. The number of benzene rings is 2. The first kappa shape index (κ1) is 20.7. The molecule has 7 heteroatoms. The second-order valence-corrected chi connectivity index (χ2v) is 7.29. The van der Waals surface area contributed by atoms with Crippen LogP contribution in [0.15, 0.2) is 65.3 Å². The van der Waals surface area contributed by atoms with Crippen LogP contribution >= 0.6 is 0 Å². The second kappa shape index (κ2) is 9.04. The summed E-state index contributed by atoms with van der Waals surface area (Å²) in [4.78, 5) is 31.4. The van der Waals surface area contributed by atoms with Gasteiger partial charge in [0.2, 0.25) is 0 Å². The van der Waals surface area contributed by atoms with Crippen molar-refractivity contribution in [1.82, 2.24) is 0 Å². The minimum absolute atomic E-state index is 0.0255. The number of hydrogen-bond acceptors (Lipinski definition) is 7. The van der Waals surface area contributed by atoms with Crippen LogP contribution in [0.25, 0.3) is 0 Å². The van der Waals surface area contributed by atoms with Gasteiger partial charge in [-0.25, -0.2) is 4.79 Å². The topological polar surface area (TPSA) is 77.4 Å². The first-order chi connectivity index (χ1) is 15.1. The van der Waals surface area contributed by atoms with Crippen molar-refractivity contribution in [3.05, 3.63) is 71.3 Å². The third-order valence-corrected chi connectivity index (χ3v) is 5.41. The summed E-state index contributed by atoms with van der Waals surface area (Å²) < 4.78 is 10.3. The van der Waals surface area contributed by atoms with Crippen LogP contribution in [0.5, 0.6) is 5.75 Å². The zero-order valence-corrected chi connectivity index (χ0v) is 17.5. The molecule has 2 aliphatic heterocycles. The van der Waals surface area contributed by atoms with Crippen molar-refractivity contribution in [1.29, 1.82) is 0 Å². The molecule has 2 heterocycles. The Hall–Kier alpha value is -3.61. The Morgan fingerprint density at radius 1 is 1.23 bits per heavy atom. The van der Waals surface area contributed by atoms with Crippen molar-refractivity contribution in [2.75, 3.05) is 31.7 Å². The van der Waals surface area contributed by atoms with Gasteiger partial charge in [-0.3, -0.25) is 4.79 Å². The predicted octanol–water partition coefficient (Wildman–Crippen LogP) is 3.44. The molecule has 0 bridgehead atoms. The lowest BCUT2D eigenvalue weighted by Crippen LogP contribution is -2.25. The Morgan fingerprint density at radius 3 is 2.74 bits per heavy atom. The van der Waals surface area contributed by atoms with Gasteiger partial charge in [0.1, 0.15) is 11.5 Å². The molecule has 0 aliphatic carbocycles. The van der Waals surface area contributed by atoms with E-state index in [0.29, 0.717) is 37.4 Å². The molecule has 2 aromatic rings. The Bertz CT molecular complexity index is 1040. The Balaban J connectivity index is 1.58. The number of methoxy groups -OCH3 is 1. The lowest BCUT2D eigenvalue weighted by Gasteiger charge is -2.19. The molecular weight excluding hydrogens is 396 g/mol. The Morgan fingerprint density at radius 2 is 2.00 bits per heavy atom. The van der Waals surface area contributed by atoms with Gasteiger partial charge >= 0.3 is 11.9 Å². The number of ether oxygens (including phenoxy) is 2. The summed E-state index contributed by atoms with van der Waals surface area (Å²) >= 11 is 0. The highest BCUT2D eigenvalue weighted by atomic mass is 16.7. The molecule has 2 aromatic carbocycles. The number of oxime groups is 1. The first-order valence-electron chi connectivity index (χ1n) is 10.3. The van der Waals surface area contributed by atoms with E-state index in [1.54, 1.807) is 14.0 Å². The number of anilines is 1. The predicted molar refractivity (Wildman–Crippen MR) is 116 cm³/mol. The molecule has 31 heavy (non-hydrogen) atoms. The van der Waals surface area contributed by atoms with Gasteiger partial charge in [-0.1, -0.05) is 29.4 Å². The zero-order valence-electron chi connectivity index (χ0n) is 17.5. The molecule has 0 radical (unpaired) electrons. The smallest absolute Gasteiger partial charge is 0.367 e. The maximum absolute atomic E-state index is 12.4. The van der Waals surface area contributed by atoms with E-state index >= 15 is 0 Å². The van der Waals surface area contributed by atoms with Crippen LogP contribution in [0.1, 0.15) is 30.4 Å². The largest absolute Gasteiger partial charge is 0.497 e. The number of para-hydroxylation sites is 1. The quantitative estimate of drug-likeness (QED) is 0.388. The summed E-state index contributed by atoms with van der Waals surface area (Å²) in [6.45, 7) is 3.39. The molecule has 160 valence electrons. The number of nitrogens with zero attached hydrogens (tertiary/aromatic N) is 2. The van der Waals surface area contributed by atoms with Gasteiger partial charge in [-0.2, -0.15) is 0 Å². The highest BCUT2D eigenvalue weighted by Gasteiger charge is 2.32. The molecule has 0 aromatic heterocycles. The highest BCUT2D eigenvalue weighted by molar-refractivity contribution is 6.28. The van der Waals surface area contributed by atoms with Crippen LogP contribution in [0.4, 0.5) is 5.69 Å². The van der Waals surface area contributed by atoms with Gasteiger partial charge in [-0.15, -0.1) is 0 Å². The molecular formula is C24H24N2O5. The molecule has 2 aliphatic rings. The number of carbonyl (C=O) groups is 2. The fraction of sp³-hybridized carbons (Fsp3) is 0.292. The lowest BCUT2D eigenvalue weighted by atomic mass is 9.95. The fourth-order valence-corrected chi connectivity index (χ4v) is 3.92. The van der Waals surface area contributed by atoms with Crippen molar-refractivity contribution in [3.8, 4) is 5.75 Å². The number of hydrogen-bond donors (Lipinski definition) is 0. The van der Waals surface area contributed by atoms with E-state index in [9.17, 15) is 9.59 Å². The summed E-state index contributed by atoms with van der Waals surface area (Å²) in [5.74, 6) is 0.0212. The number of rotatable bonds is 7. The highest BCUT2D eigenvalue weighted by Crippen LogP contribution is 2.38. The van der Waals surface area contributed by atoms with E-state index < -0.39 is 5.97 Å². The van der Waals surface area contributed by atoms with Crippen molar-refractivity contribution in [3.63, 3.8) is 0 Å². The molecule has 0 saturated carbocycles. The van der Waals surface area contributed by atoms with E-state index in [4.69, 9.17) is 14.3 Å². The third kappa shape index (κ3) is 4.30. The monoisotopic (exact) mass is 420 g/mol. The molecule has 0 spiro atoms. The summed E-state index contributed by atoms with van der Waals surface area (Å²) in [7, 11) is 1.60. The zero-order chi connectivity index (χ0) is 21.8. The van der Waals surface area contributed by atoms with Crippen LogP contribution < -0.4 is 9.64 Å². The average Bonchev–Trinajstić information content (AvgIpc) is 3.33. The molecule has 0 N–H and O–H groups in total. The lowest BCUT2D eigenvalue weighted by molar-refractivity contribution is -0.143. The molecule has 1 unspecified atom stereocenters. The second-order valence-electron chi connectivity index (χ2n) is 7.29. The Labute approximate surface area is 180 Å². The van der Waals surface area contributed by atoms with Crippen molar-refractivity contribution < 1.29 is 23.9 Å².